The molecule has 0 radical (unpaired) electrons. The number of pyridine rings is 1. The summed E-state index contributed by atoms with van der Waals surface area (Å²) in [4.78, 5) is 37.3. The van der Waals surface area contributed by atoms with E-state index in [1.807, 2.05) is 0 Å². The van der Waals surface area contributed by atoms with Gasteiger partial charge in [0.2, 0.25) is 5.91 Å². The van der Waals surface area contributed by atoms with Crippen LogP contribution >= 0.6 is 11.6 Å². The molecule has 4 rings (SSSR count). The van der Waals surface area contributed by atoms with E-state index >= 15 is 0 Å². The first kappa shape index (κ1) is 27.1. The lowest BCUT2D eigenvalue weighted by molar-refractivity contribution is -0.137. The van der Waals surface area contributed by atoms with Crippen molar-refractivity contribution >= 4 is 35.0 Å². The monoisotopic (exact) mass is 550 g/mol. The van der Waals surface area contributed by atoms with Gasteiger partial charge in [-0.2, -0.15) is 13.2 Å². The first-order chi connectivity index (χ1) is 18.1. The van der Waals surface area contributed by atoms with Crippen molar-refractivity contribution < 1.29 is 32.2 Å². The molecular formula is C24H22ClF3N6O4. The number of alkyl halides is 3. The van der Waals surface area contributed by atoms with Crippen LogP contribution in [0.25, 0.3) is 0 Å². The summed E-state index contributed by atoms with van der Waals surface area (Å²) in [6.07, 6.45) is -0.0403. The van der Waals surface area contributed by atoms with E-state index in [2.05, 4.69) is 30.9 Å². The third-order valence-electron chi connectivity index (χ3n) is 5.69. The number of benzene rings is 1. The summed E-state index contributed by atoms with van der Waals surface area (Å²) in [6, 6.07) is 5.91. The summed E-state index contributed by atoms with van der Waals surface area (Å²) in [5, 5.41) is 8.01. The van der Waals surface area contributed by atoms with E-state index in [0.29, 0.717) is 11.4 Å². The SMILES string of the molecule is CC(NC(=O)[C@]1(NC(=O)Oc2cncnc2)CCOC1)c1ccc(Nc2ccc(Cl)cc2C(F)(F)F)cn1. The Labute approximate surface area is 219 Å². The van der Waals surface area contributed by atoms with Crippen LogP contribution < -0.4 is 20.7 Å². The second-order valence-electron chi connectivity index (χ2n) is 8.45. The summed E-state index contributed by atoms with van der Waals surface area (Å²) in [7, 11) is 0. The number of halogens is 4. The normalized spacial score (nSPS) is 17.9. The summed E-state index contributed by atoms with van der Waals surface area (Å²) in [5.41, 5.74) is -1.72. The smallest absolute Gasteiger partial charge is 0.407 e. The summed E-state index contributed by atoms with van der Waals surface area (Å²) in [5.74, 6) is -0.407. The van der Waals surface area contributed by atoms with Crippen LogP contribution in [0.2, 0.25) is 5.02 Å². The third-order valence-corrected chi connectivity index (χ3v) is 5.92. The van der Waals surface area contributed by atoms with Crippen LogP contribution in [0.4, 0.5) is 29.3 Å². The molecule has 2 atom stereocenters. The number of nitrogens with zero attached hydrogens (tertiary/aromatic N) is 3. The van der Waals surface area contributed by atoms with Crippen LogP contribution in [-0.2, 0) is 15.7 Å². The van der Waals surface area contributed by atoms with Gasteiger partial charge in [0.1, 0.15) is 11.9 Å². The molecule has 2 aromatic heterocycles. The number of carbonyl (C=O) groups is 2. The lowest BCUT2D eigenvalue weighted by Crippen LogP contribution is -2.60. The van der Waals surface area contributed by atoms with Crippen molar-refractivity contribution in [1.82, 2.24) is 25.6 Å². The van der Waals surface area contributed by atoms with Crippen molar-refractivity contribution in [2.24, 2.45) is 0 Å². The molecule has 200 valence electrons. The maximum Gasteiger partial charge on any atom is 0.418 e. The van der Waals surface area contributed by atoms with Gasteiger partial charge in [-0.1, -0.05) is 11.6 Å². The van der Waals surface area contributed by atoms with E-state index in [9.17, 15) is 22.8 Å². The van der Waals surface area contributed by atoms with E-state index < -0.39 is 35.3 Å². The Bertz CT molecular complexity index is 1290. The van der Waals surface area contributed by atoms with Gasteiger partial charge in [0.25, 0.3) is 0 Å². The average molecular weight is 551 g/mol. The highest BCUT2D eigenvalue weighted by atomic mass is 35.5. The number of rotatable bonds is 7. The quantitative estimate of drug-likeness (QED) is 0.395. The Morgan fingerprint density at radius 3 is 2.55 bits per heavy atom. The first-order valence-corrected chi connectivity index (χ1v) is 11.7. The van der Waals surface area contributed by atoms with Crippen LogP contribution in [0.1, 0.15) is 30.6 Å². The zero-order chi connectivity index (χ0) is 27.3. The minimum atomic E-state index is -4.60. The van der Waals surface area contributed by atoms with Crippen LogP contribution in [0.3, 0.4) is 0 Å². The van der Waals surface area contributed by atoms with Crippen molar-refractivity contribution in [2.45, 2.75) is 31.1 Å². The van der Waals surface area contributed by atoms with Gasteiger partial charge in [0.05, 0.1) is 53.9 Å². The minimum Gasteiger partial charge on any atom is -0.407 e. The van der Waals surface area contributed by atoms with Crippen molar-refractivity contribution in [1.29, 1.82) is 0 Å². The molecule has 10 nitrogen and oxygen atoms in total. The summed E-state index contributed by atoms with van der Waals surface area (Å²) in [6.45, 7) is 1.86. The Hall–Kier alpha value is -3.97. The van der Waals surface area contributed by atoms with Crippen molar-refractivity contribution in [2.75, 3.05) is 18.5 Å². The first-order valence-electron chi connectivity index (χ1n) is 11.3. The van der Waals surface area contributed by atoms with Gasteiger partial charge in [-0.25, -0.2) is 14.8 Å². The van der Waals surface area contributed by atoms with E-state index in [0.717, 1.165) is 6.07 Å². The molecule has 1 aromatic carbocycles. The number of ether oxygens (including phenoxy) is 2. The lowest BCUT2D eigenvalue weighted by Gasteiger charge is -2.28. The standard InChI is InChI=1S/C24H22ClF3N6O4/c1-14(19-5-3-16(9-31-19)33-20-4-2-15(25)8-18(20)24(26,27)28)32-21(35)23(6-7-37-12-23)34-22(36)38-17-10-29-13-30-11-17/h2-5,8-11,13-14,33H,6-7,12H2,1H3,(H,32,35)(H,34,36)/t14?,23-/m0/s1. The zero-order valence-corrected chi connectivity index (χ0v) is 20.6. The Morgan fingerprint density at radius 1 is 1.16 bits per heavy atom. The number of hydrogen-bond acceptors (Lipinski definition) is 8. The Balaban J connectivity index is 1.41. The largest absolute Gasteiger partial charge is 0.418 e. The second-order valence-corrected chi connectivity index (χ2v) is 8.89. The lowest BCUT2D eigenvalue weighted by atomic mass is 9.97. The molecule has 1 unspecified atom stereocenters. The van der Waals surface area contributed by atoms with Gasteiger partial charge >= 0.3 is 12.3 Å². The molecular weight excluding hydrogens is 529 g/mol. The number of anilines is 2. The highest BCUT2D eigenvalue weighted by Gasteiger charge is 2.45. The zero-order valence-electron chi connectivity index (χ0n) is 19.9. The Morgan fingerprint density at radius 2 is 1.92 bits per heavy atom. The summed E-state index contributed by atoms with van der Waals surface area (Å²) < 4.78 is 50.6. The predicted molar refractivity (Wildman–Crippen MR) is 130 cm³/mol. The van der Waals surface area contributed by atoms with Gasteiger partial charge < -0.3 is 25.4 Å². The van der Waals surface area contributed by atoms with Crippen molar-refractivity contribution in [3.8, 4) is 5.75 Å². The van der Waals surface area contributed by atoms with Gasteiger partial charge in [0.15, 0.2) is 5.75 Å². The average Bonchev–Trinajstić information content (AvgIpc) is 3.35. The van der Waals surface area contributed by atoms with Crippen LogP contribution in [0, 0.1) is 0 Å². The molecule has 14 heteroatoms. The molecule has 1 aliphatic rings. The summed E-state index contributed by atoms with van der Waals surface area (Å²) >= 11 is 5.73. The van der Waals surface area contributed by atoms with Crippen LogP contribution in [0.15, 0.2) is 55.2 Å². The molecule has 3 N–H and O–H groups in total. The van der Waals surface area contributed by atoms with E-state index in [-0.39, 0.29) is 36.1 Å². The molecule has 1 aliphatic heterocycles. The fourth-order valence-corrected chi connectivity index (χ4v) is 3.90. The van der Waals surface area contributed by atoms with E-state index in [1.165, 1.54) is 43.1 Å². The highest BCUT2D eigenvalue weighted by molar-refractivity contribution is 6.30. The molecule has 0 saturated carbocycles. The molecule has 0 spiro atoms. The predicted octanol–water partition coefficient (Wildman–Crippen LogP) is 4.41. The fraction of sp³-hybridized carbons (Fsp3) is 0.292. The van der Waals surface area contributed by atoms with Crippen molar-refractivity contribution in [3.05, 3.63) is 71.5 Å². The van der Waals surface area contributed by atoms with Gasteiger partial charge in [-0.15, -0.1) is 0 Å². The van der Waals surface area contributed by atoms with Gasteiger partial charge in [0, 0.05) is 18.1 Å². The fourth-order valence-electron chi connectivity index (χ4n) is 3.73. The molecule has 0 aliphatic carbocycles. The maximum absolute atomic E-state index is 13.4. The van der Waals surface area contributed by atoms with Crippen LogP contribution in [0.5, 0.6) is 5.75 Å². The van der Waals surface area contributed by atoms with E-state index in [1.54, 1.807) is 13.0 Å². The molecule has 1 fully saturated rings. The van der Waals surface area contributed by atoms with Crippen molar-refractivity contribution in [3.63, 3.8) is 0 Å². The Kier molecular flexibility index (Phi) is 7.97. The van der Waals surface area contributed by atoms with Gasteiger partial charge in [-0.05, 0) is 37.3 Å². The molecule has 3 heterocycles. The molecule has 38 heavy (non-hydrogen) atoms. The number of carbonyl (C=O) groups excluding carboxylic acids is 2. The minimum absolute atomic E-state index is 0.0387. The molecule has 3 aromatic rings. The van der Waals surface area contributed by atoms with E-state index in [4.69, 9.17) is 21.1 Å². The maximum atomic E-state index is 13.4. The van der Waals surface area contributed by atoms with Gasteiger partial charge in [-0.3, -0.25) is 9.78 Å². The highest BCUT2D eigenvalue weighted by Crippen LogP contribution is 2.37. The third kappa shape index (κ3) is 6.47. The van der Waals surface area contributed by atoms with Crippen LogP contribution in [-0.4, -0.2) is 45.7 Å². The number of nitrogens with one attached hydrogen (secondary N) is 3. The molecule has 0 bridgehead atoms. The topological polar surface area (TPSA) is 127 Å². The number of hydrogen-bond donors (Lipinski definition) is 3. The molecule has 2 amide bonds. The number of amides is 2. The molecule has 1 saturated heterocycles. The number of aromatic nitrogens is 3. The second kappa shape index (κ2) is 11.2.